The van der Waals surface area contributed by atoms with Crippen molar-refractivity contribution in [2.45, 2.75) is 25.8 Å². The second kappa shape index (κ2) is 4.70. The molecule has 0 aliphatic rings. The molecule has 4 nitrogen and oxygen atoms in total. The van der Waals surface area contributed by atoms with E-state index in [1.807, 2.05) is 19.1 Å². The number of rotatable bonds is 3. The summed E-state index contributed by atoms with van der Waals surface area (Å²) in [5.74, 6) is 1.64. The zero-order chi connectivity index (χ0) is 13.4. The van der Waals surface area contributed by atoms with E-state index in [-0.39, 0.29) is 5.38 Å². The Morgan fingerprint density at radius 3 is 2.89 bits per heavy atom. The molecule has 2 heterocycles. The van der Waals surface area contributed by atoms with Crippen molar-refractivity contribution in [2.75, 3.05) is 0 Å². The number of hydrogen-bond acceptors (Lipinski definition) is 3. The molecule has 0 saturated heterocycles. The number of halogens is 1. The summed E-state index contributed by atoms with van der Waals surface area (Å²) in [5.41, 5.74) is 3.20. The van der Waals surface area contributed by atoms with Crippen LogP contribution in [-0.2, 0) is 6.54 Å². The lowest BCUT2D eigenvalue weighted by Gasteiger charge is -2.08. The number of benzene rings is 1. The molecule has 98 valence electrons. The summed E-state index contributed by atoms with van der Waals surface area (Å²) >= 11 is 6.24. The van der Waals surface area contributed by atoms with Crippen molar-refractivity contribution in [2.24, 2.45) is 0 Å². The predicted molar refractivity (Wildman–Crippen MR) is 74.3 cm³/mol. The van der Waals surface area contributed by atoms with Crippen LogP contribution < -0.4 is 0 Å². The van der Waals surface area contributed by atoms with Crippen molar-refractivity contribution in [3.63, 3.8) is 0 Å². The molecule has 0 spiro atoms. The van der Waals surface area contributed by atoms with E-state index in [4.69, 9.17) is 16.1 Å². The predicted octanol–water partition coefficient (Wildman–Crippen LogP) is 3.68. The van der Waals surface area contributed by atoms with Gasteiger partial charge in [0.05, 0.1) is 29.2 Å². The van der Waals surface area contributed by atoms with E-state index >= 15 is 0 Å². The van der Waals surface area contributed by atoms with Gasteiger partial charge in [0.25, 0.3) is 0 Å². The van der Waals surface area contributed by atoms with Crippen molar-refractivity contribution in [3.8, 4) is 0 Å². The minimum atomic E-state index is -0.158. The fourth-order valence-corrected chi connectivity index (χ4v) is 2.42. The van der Waals surface area contributed by atoms with E-state index < -0.39 is 0 Å². The number of fused-ring (bicyclic) bond motifs is 1. The van der Waals surface area contributed by atoms with Crippen LogP contribution in [-0.4, -0.2) is 14.7 Å². The van der Waals surface area contributed by atoms with E-state index in [1.165, 1.54) is 0 Å². The molecule has 3 rings (SSSR count). The van der Waals surface area contributed by atoms with Crippen molar-refractivity contribution in [1.82, 2.24) is 14.7 Å². The molecule has 0 aliphatic carbocycles. The average molecular weight is 276 g/mol. The smallest absolute Gasteiger partial charge is 0.156 e. The molecule has 1 aromatic carbocycles. The minimum absolute atomic E-state index is 0.158. The Hall–Kier alpha value is -1.81. The van der Waals surface area contributed by atoms with Crippen LogP contribution in [0.15, 0.2) is 35.0 Å². The number of alkyl halides is 1. The molecule has 5 heteroatoms. The quantitative estimate of drug-likeness (QED) is 0.685. The van der Waals surface area contributed by atoms with Crippen molar-refractivity contribution < 1.29 is 4.52 Å². The second-order valence-electron chi connectivity index (χ2n) is 4.59. The molecule has 1 unspecified atom stereocenters. The second-order valence-corrected chi connectivity index (χ2v) is 5.25. The summed E-state index contributed by atoms with van der Waals surface area (Å²) in [4.78, 5) is 4.66. The maximum absolute atomic E-state index is 6.24. The Labute approximate surface area is 116 Å². The fourth-order valence-electron chi connectivity index (χ4n) is 2.25. The van der Waals surface area contributed by atoms with E-state index in [2.05, 4.69) is 33.8 Å². The van der Waals surface area contributed by atoms with Gasteiger partial charge in [-0.3, -0.25) is 0 Å². The zero-order valence-electron chi connectivity index (χ0n) is 10.8. The Bertz CT molecular complexity index is 701. The van der Waals surface area contributed by atoms with E-state index in [1.54, 1.807) is 6.20 Å². The molecule has 19 heavy (non-hydrogen) atoms. The summed E-state index contributed by atoms with van der Waals surface area (Å²) in [7, 11) is 0. The van der Waals surface area contributed by atoms with Gasteiger partial charge in [0.1, 0.15) is 5.82 Å². The van der Waals surface area contributed by atoms with Crippen LogP contribution >= 0.6 is 11.6 Å². The van der Waals surface area contributed by atoms with Gasteiger partial charge in [-0.15, -0.1) is 11.6 Å². The van der Waals surface area contributed by atoms with E-state index in [9.17, 15) is 0 Å². The SMILES string of the molecule is Cc1cccc2c1nc(C(C)Cl)n2Cc1ccno1. The highest BCUT2D eigenvalue weighted by atomic mass is 35.5. The average Bonchev–Trinajstić information content (AvgIpc) is 2.99. The van der Waals surface area contributed by atoms with Gasteiger partial charge in [-0.2, -0.15) is 0 Å². The van der Waals surface area contributed by atoms with E-state index in [0.717, 1.165) is 28.2 Å². The highest BCUT2D eigenvalue weighted by Gasteiger charge is 2.17. The number of aromatic nitrogens is 3. The Kier molecular flexibility index (Phi) is 3.03. The third kappa shape index (κ3) is 2.12. The van der Waals surface area contributed by atoms with Gasteiger partial charge in [0.2, 0.25) is 0 Å². The Morgan fingerprint density at radius 2 is 2.21 bits per heavy atom. The van der Waals surface area contributed by atoms with Gasteiger partial charge in [-0.1, -0.05) is 17.3 Å². The van der Waals surface area contributed by atoms with Crippen LogP contribution in [0.2, 0.25) is 0 Å². The van der Waals surface area contributed by atoms with Gasteiger partial charge >= 0.3 is 0 Å². The normalized spacial score (nSPS) is 13.0. The maximum atomic E-state index is 6.24. The van der Waals surface area contributed by atoms with Crippen molar-refractivity contribution in [3.05, 3.63) is 47.6 Å². The van der Waals surface area contributed by atoms with Crippen molar-refractivity contribution >= 4 is 22.6 Å². The molecule has 0 bridgehead atoms. The molecule has 0 saturated carbocycles. The largest absolute Gasteiger partial charge is 0.359 e. The topological polar surface area (TPSA) is 43.9 Å². The Morgan fingerprint density at radius 1 is 1.37 bits per heavy atom. The molecule has 0 radical (unpaired) electrons. The third-order valence-electron chi connectivity index (χ3n) is 3.17. The monoisotopic (exact) mass is 275 g/mol. The van der Waals surface area contributed by atoms with Crippen LogP contribution in [0.3, 0.4) is 0 Å². The standard InChI is InChI=1S/C14H14ClN3O/c1-9-4-3-5-12-13(9)17-14(10(2)15)18(12)8-11-6-7-16-19-11/h3-7,10H,8H2,1-2H3. The number of aryl methyl sites for hydroxylation is 1. The highest BCUT2D eigenvalue weighted by molar-refractivity contribution is 6.20. The van der Waals surface area contributed by atoms with Gasteiger partial charge in [0, 0.05) is 6.07 Å². The molecule has 0 N–H and O–H groups in total. The maximum Gasteiger partial charge on any atom is 0.156 e. The summed E-state index contributed by atoms with van der Waals surface area (Å²) in [6.45, 7) is 4.57. The van der Waals surface area contributed by atoms with E-state index in [0.29, 0.717) is 6.54 Å². The Balaban J connectivity index is 2.19. The first-order chi connectivity index (χ1) is 9.16. The number of imidazole rings is 1. The third-order valence-corrected chi connectivity index (χ3v) is 3.37. The molecule has 3 aromatic rings. The van der Waals surface area contributed by atoms with Crippen LogP contribution in [0, 0.1) is 6.92 Å². The van der Waals surface area contributed by atoms with Crippen LogP contribution in [0.5, 0.6) is 0 Å². The molecule has 1 atom stereocenters. The number of para-hydroxylation sites is 1. The first-order valence-corrected chi connectivity index (χ1v) is 6.60. The van der Waals surface area contributed by atoms with Crippen LogP contribution in [0.1, 0.15) is 29.4 Å². The number of nitrogens with zero attached hydrogens (tertiary/aromatic N) is 3. The first-order valence-electron chi connectivity index (χ1n) is 6.16. The number of hydrogen-bond donors (Lipinski definition) is 0. The van der Waals surface area contributed by atoms with Gasteiger partial charge in [-0.05, 0) is 25.5 Å². The molecule has 2 aromatic heterocycles. The fraction of sp³-hybridized carbons (Fsp3) is 0.286. The minimum Gasteiger partial charge on any atom is -0.359 e. The van der Waals surface area contributed by atoms with Crippen LogP contribution in [0.25, 0.3) is 11.0 Å². The van der Waals surface area contributed by atoms with Crippen molar-refractivity contribution in [1.29, 1.82) is 0 Å². The van der Waals surface area contributed by atoms with Gasteiger partial charge in [-0.25, -0.2) is 4.98 Å². The summed E-state index contributed by atoms with van der Waals surface area (Å²) in [6.07, 6.45) is 1.64. The molecular weight excluding hydrogens is 262 g/mol. The first kappa shape index (κ1) is 12.2. The summed E-state index contributed by atoms with van der Waals surface area (Å²) in [6, 6.07) is 7.98. The van der Waals surface area contributed by atoms with Gasteiger partial charge < -0.3 is 9.09 Å². The molecule has 0 fully saturated rings. The lowest BCUT2D eigenvalue weighted by atomic mass is 10.2. The molecule has 0 amide bonds. The van der Waals surface area contributed by atoms with Gasteiger partial charge in [0.15, 0.2) is 5.76 Å². The molecular formula is C14H14ClN3O. The zero-order valence-corrected chi connectivity index (χ0v) is 11.6. The highest BCUT2D eigenvalue weighted by Crippen LogP contribution is 2.27. The molecule has 0 aliphatic heterocycles. The summed E-state index contributed by atoms with van der Waals surface area (Å²) in [5, 5.41) is 3.58. The van der Waals surface area contributed by atoms with Crippen LogP contribution in [0.4, 0.5) is 0 Å². The lowest BCUT2D eigenvalue weighted by molar-refractivity contribution is 0.376. The lowest BCUT2D eigenvalue weighted by Crippen LogP contribution is -2.05. The summed E-state index contributed by atoms with van der Waals surface area (Å²) < 4.78 is 7.26.